The molecule has 2 aromatic rings. The number of ketones is 1. The third-order valence-electron chi connectivity index (χ3n) is 2.86. The van der Waals surface area contributed by atoms with Crippen molar-refractivity contribution in [3.63, 3.8) is 0 Å². The third-order valence-corrected chi connectivity index (χ3v) is 2.86. The molecule has 0 atom stereocenters. The number of benzene rings is 1. The molecule has 5 nitrogen and oxygen atoms in total. The van der Waals surface area contributed by atoms with E-state index < -0.39 is 0 Å². The van der Waals surface area contributed by atoms with Crippen molar-refractivity contribution in [1.29, 1.82) is 0 Å². The van der Waals surface area contributed by atoms with Crippen LogP contribution in [0.15, 0.2) is 53.9 Å². The summed E-state index contributed by atoms with van der Waals surface area (Å²) in [6, 6.07) is 10.5. The number of hydrogen-bond donors (Lipinski definition) is 1. The van der Waals surface area contributed by atoms with Crippen LogP contribution in [0.1, 0.15) is 15.9 Å². The average molecular weight is 351 g/mol. The number of pyridine rings is 1. The van der Waals surface area contributed by atoms with Gasteiger partial charge in [-0.1, -0.05) is 5.16 Å². The summed E-state index contributed by atoms with van der Waals surface area (Å²) < 4.78 is 6.82. The Labute approximate surface area is 133 Å². The molecule has 1 N–H and O–H groups in total. The number of aromatic nitrogens is 1. The lowest BCUT2D eigenvalue weighted by atomic mass is 10.1. The van der Waals surface area contributed by atoms with Crippen molar-refractivity contribution in [3.8, 4) is 5.75 Å². The number of methoxy groups -OCH3 is 1. The minimum Gasteiger partial charge on any atom is -1.00 e. The summed E-state index contributed by atoms with van der Waals surface area (Å²) in [5.41, 5.74) is 1.40. The summed E-state index contributed by atoms with van der Waals surface area (Å²) in [7, 11) is 1.59. The van der Waals surface area contributed by atoms with Crippen LogP contribution in [0.5, 0.6) is 5.75 Å². The highest BCUT2D eigenvalue weighted by Crippen LogP contribution is 2.11. The number of oxime groups is 1. The van der Waals surface area contributed by atoms with Crippen molar-refractivity contribution in [2.75, 3.05) is 7.11 Å². The Bertz CT molecular complexity index is 610. The summed E-state index contributed by atoms with van der Waals surface area (Å²) >= 11 is 0. The van der Waals surface area contributed by atoms with Gasteiger partial charge in [-0.2, -0.15) is 4.57 Å². The second-order valence-corrected chi connectivity index (χ2v) is 4.20. The fourth-order valence-corrected chi connectivity index (χ4v) is 1.76. The first-order chi connectivity index (χ1) is 9.72. The summed E-state index contributed by atoms with van der Waals surface area (Å²) in [6.45, 7) is 0.253. The Morgan fingerprint density at radius 1 is 1.24 bits per heavy atom. The minimum atomic E-state index is 0. The molecule has 0 saturated heterocycles. The van der Waals surface area contributed by atoms with Gasteiger partial charge in [0.2, 0.25) is 12.3 Å². The molecule has 0 saturated carbocycles. The fraction of sp³-hybridized carbons (Fsp3) is 0.133. The Balaban J connectivity index is 0.00000220. The number of carbonyl (C=O) groups is 1. The van der Waals surface area contributed by atoms with Gasteiger partial charge in [0.05, 0.1) is 13.3 Å². The van der Waals surface area contributed by atoms with Crippen LogP contribution < -0.4 is 26.3 Å². The van der Waals surface area contributed by atoms with Crippen molar-refractivity contribution in [2.24, 2.45) is 5.16 Å². The van der Waals surface area contributed by atoms with Crippen LogP contribution in [-0.2, 0) is 6.54 Å². The number of nitrogens with zero attached hydrogens (tertiary/aromatic N) is 2. The first-order valence-corrected chi connectivity index (χ1v) is 6.06. The molecule has 110 valence electrons. The molecular formula is C15H15BrN2O3. The van der Waals surface area contributed by atoms with Gasteiger partial charge in [-0.25, -0.2) is 0 Å². The van der Waals surface area contributed by atoms with Crippen molar-refractivity contribution in [1.82, 2.24) is 0 Å². The molecule has 0 fully saturated rings. The van der Waals surface area contributed by atoms with Crippen LogP contribution >= 0.6 is 0 Å². The maximum absolute atomic E-state index is 12.1. The molecule has 0 aliphatic rings. The van der Waals surface area contributed by atoms with E-state index in [9.17, 15) is 4.79 Å². The summed E-state index contributed by atoms with van der Waals surface area (Å²) in [4.78, 5) is 12.1. The first kappa shape index (κ1) is 16.8. The Morgan fingerprint density at radius 2 is 1.86 bits per heavy atom. The fourth-order valence-electron chi connectivity index (χ4n) is 1.76. The van der Waals surface area contributed by atoms with E-state index in [1.165, 1.54) is 6.21 Å². The second kappa shape index (κ2) is 8.16. The second-order valence-electron chi connectivity index (χ2n) is 4.20. The molecule has 1 aromatic heterocycles. The lowest BCUT2D eigenvalue weighted by molar-refractivity contribution is -0.683. The molecule has 0 aliphatic heterocycles. The highest BCUT2D eigenvalue weighted by atomic mass is 79.9. The monoisotopic (exact) mass is 350 g/mol. The van der Waals surface area contributed by atoms with Crippen molar-refractivity contribution in [3.05, 3.63) is 59.9 Å². The van der Waals surface area contributed by atoms with E-state index in [2.05, 4.69) is 5.16 Å². The zero-order valence-electron chi connectivity index (χ0n) is 11.4. The molecule has 1 aromatic carbocycles. The molecule has 0 amide bonds. The third kappa shape index (κ3) is 4.68. The van der Waals surface area contributed by atoms with Gasteiger partial charge in [0.25, 0.3) is 0 Å². The lowest BCUT2D eigenvalue weighted by Gasteiger charge is -2.01. The number of Topliss-reactive ketones (excluding diaryl/α,β-unsaturated/α-hetero) is 1. The quantitative estimate of drug-likeness (QED) is 0.239. The Kier molecular flexibility index (Phi) is 6.55. The number of rotatable bonds is 5. The van der Waals surface area contributed by atoms with E-state index in [-0.39, 0.29) is 29.3 Å². The average Bonchev–Trinajstić information content (AvgIpc) is 2.49. The molecule has 0 radical (unpaired) electrons. The van der Waals surface area contributed by atoms with Gasteiger partial charge in [0.1, 0.15) is 5.75 Å². The highest BCUT2D eigenvalue weighted by Gasteiger charge is 2.11. The zero-order chi connectivity index (χ0) is 14.4. The predicted molar refractivity (Wildman–Crippen MR) is 73.3 cm³/mol. The van der Waals surface area contributed by atoms with Gasteiger partial charge in [-0.05, 0) is 24.3 Å². The van der Waals surface area contributed by atoms with Crippen LogP contribution in [0.25, 0.3) is 0 Å². The minimum absolute atomic E-state index is 0. The number of halogens is 1. The zero-order valence-corrected chi connectivity index (χ0v) is 13.0. The van der Waals surface area contributed by atoms with Gasteiger partial charge < -0.3 is 26.9 Å². The standard InChI is InChI=1S/C15H14N2O3.BrH/c1-20-14-4-2-13(3-5-14)15(18)11-17-8-6-12(7-9-17)10-16-19;/h2-10H,11H2,1H3;1H. The van der Waals surface area contributed by atoms with E-state index in [0.717, 1.165) is 11.3 Å². The maximum Gasteiger partial charge on any atom is 0.227 e. The van der Waals surface area contributed by atoms with E-state index in [4.69, 9.17) is 9.94 Å². The highest BCUT2D eigenvalue weighted by molar-refractivity contribution is 5.95. The smallest absolute Gasteiger partial charge is 0.227 e. The van der Waals surface area contributed by atoms with E-state index >= 15 is 0 Å². The molecular weight excluding hydrogens is 336 g/mol. The molecule has 21 heavy (non-hydrogen) atoms. The maximum atomic E-state index is 12.1. The molecule has 6 heteroatoms. The summed E-state index contributed by atoms with van der Waals surface area (Å²) in [5.74, 6) is 0.739. The summed E-state index contributed by atoms with van der Waals surface area (Å²) in [6.07, 6.45) is 4.85. The van der Waals surface area contributed by atoms with Crippen LogP contribution in [0.4, 0.5) is 0 Å². The Morgan fingerprint density at radius 3 is 2.38 bits per heavy atom. The van der Waals surface area contributed by atoms with Crippen molar-refractivity contribution < 1.29 is 36.3 Å². The topological polar surface area (TPSA) is 62.8 Å². The normalized spacial score (nSPS) is 10.1. The van der Waals surface area contributed by atoms with Crippen LogP contribution in [0.2, 0.25) is 0 Å². The van der Waals surface area contributed by atoms with Crippen molar-refractivity contribution >= 4 is 12.0 Å². The van der Waals surface area contributed by atoms with Gasteiger partial charge in [-0.3, -0.25) is 4.79 Å². The molecule has 0 unspecified atom stereocenters. The van der Waals surface area contributed by atoms with Gasteiger partial charge in [0, 0.05) is 23.3 Å². The van der Waals surface area contributed by atoms with Crippen LogP contribution in [0, 0.1) is 0 Å². The largest absolute Gasteiger partial charge is 1.00 e. The number of hydrogen-bond acceptors (Lipinski definition) is 4. The van der Waals surface area contributed by atoms with Crippen LogP contribution in [-0.4, -0.2) is 24.3 Å². The molecule has 0 aliphatic carbocycles. The van der Waals surface area contributed by atoms with Gasteiger partial charge in [-0.15, -0.1) is 0 Å². The lowest BCUT2D eigenvalue weighted by Crippen LogP contribution is -3.00. The van der Waals surface area contributed by atoms with Crippen LogP contribution in [0.3, 0.4) is 0 Å². The molecule has 0 bridgehead atoms. The first-order valence-electron chi connectivity index (χ1n) is 6.06. The number of carbonyl (C=O) groups excluding carboxylic acids is 1. The van der Waals surface area contributed by atoms with E-state index in [0.29, 0.717) is 5.56 Å². The van der Waals surface area contributed by atoms with Gasteiger partial charge >= 0.3 is 0 Å². The molecule has 1 heterocycles. The molecule has 2 rings (SSSR count). The summed E-state index contributed by atoms with van der Waals surface area (Å²) in [5, 5.41) is 11.4. The predicted octanol–water partition coefficient (Wildman–Crippen LogP) is -1.32. The molecule has 0 spiro atoms. The van der Waals surface area contributed by atoms with E-state index in [1.54, 1.807) is 60.5 Å². The number of ether oxygens (including phenoxy) is 1. The SMILES string of the molecule is COc1ccc(C(=O)C[n+]2ccc(C=NO)cc2)cc1.[Br-]. The van der Waals surface area contributed by atoms with Crippen molar-refractivity contribution in [2.45, 2.75) is 6.54 Å². The van der Waals surface area contributed by atoms with E-state index in [1.807, 2.05) is 0 Å². The van der Waals surface area contributed by atoms with Gasteiger partial charge in [0.15, 0.2) is 12.4 Å². The Hall–Kier alpha value is -2.21.